The molecule has 0 amide bonds. The second-order valence-corrected chi connectivity index (χ2v) is 4.86. The molecule has 1 fully saturated rings. The van der Waals surface area contributed by atoms with E-state index in [9.17, 15) is 5.21 Å². The SMILES string of the molecule is CN=c1cc(N2CCSCC2)cc(N)n1O. The van der Waals surface area contributed by atoms with Crippen LogP contribution in [0.5, 0.6) is 0 Å². The van der Waals surface area contributed by atoms with Gasteiger partial charge in [-0.25, -0.2) is 0 Å². The van der Waals surface area contributed by atoms with E-state index in [1.165, 1.54) is 0 Å². The summed E-state index contributed by atoms with van der Waals surface area (Å²) < 4.78 is 0.905. The first-order chi connectivity index (χ1) is 7.72. The van der Waals surface area contributed by atoms with Crippen molar-refractivity contribution in [2.24, 2.45) is 4.99 Å². The summed E-state index contributed by atoms with van der Waals surface area (Å²) in [4.78, 5) is 6.25. The van der Waals surface area contributed by atoms with E-state index in [4.69, 9.17) is 5.73 Å². The van der Waals surface area contributed by atoms with E-state index in [2.05, 4.69) is 9.89 Å². The van der Waals surface area contributed by atoms with Crippen molar-refractivity contribution >= 4 is 23.3 Å². The Morgan fingerprint density at radius 2 is 2.06 bits per heavy atom. The number of hydrogen-bond acceptors (Lipinski definition) is 5. The van der Waals surface area contributed by atoms with E-state index in [0.29, 0.717) is 11.3 Å². The summed E-state index contributed by atoms with van der Waals surface area (Å²) in [6, 6.07) is 3.64. The zero-order chi connectivity index (χ0) is 11.5. The third-order valence-corrected chi connectivity index (χ3v) is 3.58. The van der Waals surface area contributed by atoms with Crippen LogP contribution in [0.1, 0.15) is 0 Å². The Labute approximate surface area is 98.5 Å². The lowest BCUT2D eigenvalue weighted by Crippen LogP contribution is -2.34. The molecule has 0 saturated carbocycles. The molecule has 2 heterocycles. The van der Waals surface area contributed by atoms with Crippen LogP contribution in [0, 0.1) is 0 Å². The molecular formula is C10H16N4OS. The average Bonchev–Trinajstić information content (AvgIpc) is 2.33. The van der Waals surface area contributed by atoms with Crippen LogP contribution in [-0.2, 0) is 0 Å². The first-order valence-electron chi connectivity index (χ1n) is 5.19. The lowest BCUT2D eigenvalue weighted by molar-refractivity contribution is 0.178. The van der Waals surface area contributed by atoms with Crippen molar-refractivity contribution < 1.29 is 5.21 Å². The summed E-state index contributed by atoms with van der Waals surface area (Å²) in [7, 11) is 1.64. The topological polar surface area (TPSA) is 66.8 Å². The molecule has 0 aliphatic carbocycles. The Balaban J connectivity index is 2.38. The molecule has 0 spiro atoms. The number of hydrogen-bond donors (Lipinski definition) is 2. The lowest BCUT2D eigenvalue weighted by atomic mass is 10.3. The molecule has 1 aromatic heterocycles. The maximum Gasteiger partial charge on any atom is 0.167 e. The highest BCUT2D eigenvalue weighted by Gasteiger charge is 2.12. The fraction of sp³-hybridized carbons (Fsp3) is 0.500. The fourth-order valence-corrected chi connectivity index (χ4v) is 2.65. The molecule has 0 bridgehead atoms. The molecule has 1 aliphatic heterocycles. The number of pyridine rings is 1. The zero-order valence-corrected chi connectivity index (χ0v) is 10.1. The second-order valence-electron chi connectivity index (χ2n) is 3.63. The first kappa shape index (κ1) is 11.2. The molecule has 88 valence electrons. The normalized spacial score (nSPS) is 17.8. The van der Waals surface area contributed by atoms with Crippen molar-refractivity contribution in [1.29, 1.82) is 0 Å². The zero-order valence-electron chi connectivity index (χ0n) is 9.26. The standard InChI is InChI=1S/C10H16N4OS/c1-12-10-7-8(6-9(11)14(10)15)13-2-4-16-5-3-13/h6-7,15H,2-5,11H2,1H3. The molecule has 6 heteroatoms. The Hall–Kier alpha value is -1.30. The molecule has 0 unspecified atom stereocenters. The third kappa shape index (κ3) is 2.11. The second kappa shape index (κ2) is 4.69. The van der Waals surface area contributed by atoms with Gasteiger partial charge in [0.05, 0.1) is 0 Å². The van der Waals surface area contributed by atoms with Crippen molar-refractivity contribution in [2.75, 3.05) is 42.3 Å². The smallest absolute Gasteiger partial charge is 0.167 e. The Morgan fingerprint density at radius 1 is 1.38 bits per heavy atom. The van der Waals surface area contributed by atoms with E-state index < -0.39 is 0 Å². The number of anilines is 2. The number of rotatable bonds is 1. The predicted octanol–water partition coefficient (Wildman–Crippen LogP) is 0.391. The van der Waals surface area contributed by atoms with Gasteiger partial charge in [0.1, 0.15) is 5.82 Å². The van der Waals surface area contributed by atoms with Gasteiger partial charge in [0.15, 0.2) is 5.49 Å². The lowest BCUT2D eigenvalue weighted by Gasteiger charge is -2.28. The van der Waals surface area contributed by atoms with Crippen molar-refractivity contribution in [3.63, 3.8) is 0 Å². The summed E-state index contributed by atoms with van der Waals surface area (Å²) in [6.45, 7) is 2.03. The maximum atomic E-state index is 9.60. The first-order valence-corrected chi connectivity index (χ1v) is 6.35. The molecule has 0 aromatic carbocycles. The summed E-state index contributed by atoms with van der Waals surface area (Å²) in [6.07, 6.45) is 0. The number of nitrogens with two attached hydrogens (primary N) is 1. The molecule has 0 radical (unpaired) electrons. The van der Waals surface area contributed by atoms with E-state index in [0.717, 1.165) is 35.0 Å². The van der Waals surface area contributed by atoms with Crippen LogP contribution in [0.15, 0.2) is 17.1 Å². The predicted molar refractivity (Wildman–Crippen MR) is 67.1 cm³/mol. The van der Waals surface area contributed by atoms with Gasteiger partial charge >= 0.3 is 0 Å². The minimum atomic E-state index is 0.316. The fourth-order valence-electron chi connectivity index (χ4n) is 1.74. The van der Waals surface area contributed by atoms with Crippen LogP contribution < -0.4 is 16.1 Å². The largest absolute Gasteiger partial charge is 0.425 e. The Morgan fingerprint density at radius 3 is 2.69 bits per heavy atom. The number of nitrogen functional groups attached to an aromatic ring is 1. The van der Waals surface area contributed by atoms with Gasteiger partial charge in [-0.2, -0.15) is 16.5 Å². The van der Waals surface area contributed by atoms with Crippen LogP contribution in [-0.4, -0.2) is 41.6 Å². The highest BCUT2D eigenvalue weighted by molar-refractivity contribution is 7.99. The molecule has 0 atom stereocenters. The van der Waals surface area contributed by atoms with Crippen LogP contribution >= 0.6 is 11.8 Å². The van der Waals surface area contributed by atoms with E-state index in [1.54, 1.807) is 13.1 Å². The van der Waals surface area contributed by atoms with E-state index in [1.807, 2.05) is 17.8 Å². The summed E-state index contributed by atoms with van der Waals surface area (Å²) in [5.41, 5.74) is 7.24. The van der Waals surface area contributed by atoms with Crippen molar-refractivity contribution in [2.45, 2.75) is 0 Å². The van der Waals surface area contributed by atoms with Gasteiger partial charge in [-0.05, 0) is 0 Å². The molecule has 5 nitrogen and oxygen atoms in total. The molecule has 1 aliphatic rings. The Kier molecular flexibility index (Phi) is 3.28. The third-order valence-electron chi connectivity index (χ3n) is 2.64. The van der Waals surface area contributed by atoms with Gasteiger partial charge in [0.25, 0.3) is 0 Å². The van der Waals surface area contributed by atoms with Gasteiger partial charge < -0.3 is 15.8 Å². The molecule has 2 rings (SSSR count). The van der Waals surface area contributed by atoms with Crippen LogP contribution in [0.3, 0.4) is 0 Å². The van der Waals surface area contributed by atoms with E-state index >= 15 is 0 Å². The molecule has 1 saturated heterocycles. The monoisotopic (exact) mass is 240 g/mol. The maximum absolute atomic E-state index is 9.60. The van der Waals surface area contributed by atoms with Crippen LogP contribution in [0.25, 0.3) is 0 Å². The highest BCUT2D eigenvalue weighted by Crippen LogP contribution is 2.19. The van der Waals surface area contributed by atoms with Gasteiger partial charge in [-0.1, -0.05) is 0 Å². The molecule has 1 aromatic rings. The summed E-state index contributed by atoms with van der Waals surface area (Å²) >= 11 is 1.96. The number of nitrogens with zero attached hydrogens (tertiary/aromatic N) is 3. The van der Waals surface area contributed by atoms with Gasteiger partial charge in [-0.3, -0.25) is 4.99 Å². The molecule has 3 N–H and O–H groups in total. The van der Waals surface area contributed by atoms with Gasteiger partial charge in [-0.15, -0.1) is 0 Å². The summed E-state index contributed by atoms with van der Waals surface area (Å²) in [5, 5.41) is 9.60. The van der Waals surface area contributed by atoms with Crippen LogP contribution in [0.4, 0.5) is 11.5 Å². The average molecular weight is 240 g/mol. The van der Waals surface area contributed by atoms with E-state index in [-0.39, 0.29) is 0 Å². The Bertz CT molecular complexity index is 437. The minimum Gasteiger partial charge on any atom is -0.425 e. The van der Waals surface area contributed by atoms with Gasteiger partial charge in [0.2, 0.25) is 0 Å². The number of aromatic nitrogens is 1. The molecule has 16 heavy (non-hydrogen) atoms. The minimum absolute atomic E-state index is 0.316. The summed E-state index contributed by atoms with van der Waals surface area (Å²) in [5.74, 6) is 2.58. The molecular weight excluding hydrogens is 224 g/mol. The van der Waals surface area contributed by atoms with Crippen molar-refractivity contribution in [1.82, 2.24) is 4.73 Å². The number of thioether (sulfide) groups is 1. The quantitative estimate of drug-likeness (QED) is 0.697. The van der Waals surface area contributed by atoms with Crippen molar-refractivity contribution in [3.8, 4) is 0 Å². The highest BCUT2D eigenvalue weighted by atomic mass is 32.2. The van der Waals surface area contributed by atoms with Crippen molar-refractivity contribution in [3.05, 3.63) is 17.6 Å². The van der Waals surface area contributed by atoms with Gasteiger partial charge in [0, 0.05) is 49.5 Å². The van der Waals surface area contributed by atoms with Crippen LogP contribution in [0.2, 0.25) is 0 Å².